The zero-order valence-electron chi connectivity index (χ0n) is 11.6. The Morgan fingerprint density at radius 3 is 2.85 bits per heavy atom. The van der Waals surface area contributed by atoms with E-state index >= 15 is 0 Å². The quantitative estimate of drug-likeness (QED) is 0.861. The minimum absolute atomic E-state index is 0.0476. The number of carbonyl (C=O) groups excluding carboxylic acids is 1. The molecule has 5 nitrogen and oxygen atoms in total. The lowest BCUT2D eigenvalue weighted by molar-refractivity contribution is 0.0774. The van der Waals surface area contributed by atoms with Crippen molar-refractivity contribution < 1.29 is 4.79 Å². The van der Waals surface area contributed by atoms with Crippen LogP contribution in [0, 0.1) is 0 Å². The third-order valence-electron chi connectivity index (χ3n) is 3.50. The van der Waals surface area contributed by atoms with E-state index in [9.17, 15) is 4.79 Å². The van der Waals surface area contributed by atoms with E-state index in [-0.39, 0.29) is 5.91 Å². The Morgan fingerprint density at radius 2 is 2.25 bits per heavy atom. The average Bonchev–Trinajstić information content (AvgIpc) is 3.07. The first-order valence-electron chi connectivity index (χ1n) is 6.65. The lowest BCUT2D eigenvalue weighted by Crippen LogP contribution is -2.28. The summed E-state index contributed by atoms with van der Waals surface area (Å²) in [5, 5.41) is 4.13. The maximum absolute atomic E-state index is 12.6. The number of carbonyl (C=O) groups is 1. The fraction of sp³-hybridized carbons (Fsp3) is 0.429. The van der Waals surface area contributed by atoms with Crippen molar-refractivity contribution in [1.29, 1.82) is 0 Å². The second-order valence-electron chi connectivity index (χ2n) is 5.37. The van der Waals surface area contributed by atoms with Crippen LogP contribution in [-0.2, 0) is 13.6 Å². The fourth-order valence-electron chi connectivity index (χ4n) is 2.37. The highest BCUT2D eigenvalue weighted by Crippen LogP contribution is 2.37. The van der Waals surface area contributed by atoms with Crippen molar-refractivity contribution in [1.82, 2.24) is 19.2 Å². The number of nitrogens with zero attached hydrogens (tertiary/aromatic N) is 4. The Morgan fingerprint density at radius 1 is 1.50 bits per heavy atom. The van der Waals surface area contributed by atoms with E-state index in [0.29, 0.717) is 12.6 Å². The topological polar surface area (TPSA) is 43.1 Å². The van der Waals surface area contributed by atoms with Crippen molar-refractivity contribution in [3.05, 3.63) is 40.4 Å². The molecule has 106 valence electrons. The predicted molar refractivity (Wildman–Crippen MR) is 79.4 cm³/mol. The highest BCUT2D eigenvalue weighted by Gasteiger charge is 2.28. The Bertz CT molecular complexity index is 641. The molecule has 0 radical (unpaired) electrons. The number of hydrogen-bond donors (Lipinski definition) is 0. The minimum atomic E-state index is 0.0476. The lowest BCUT2D eigenvalue weighted by atomic mass is 10.3. The molecule has 1 amide bonds. The van der Waals surface area contributed by atoms with Crippen molar-refractivity contribution >= 4 is 21.8 Å². The van der Waals surface area contributed by atoms with E-state index in [4.69, 9.17) is 0 Å². The molecule has 0 atom stereocenters. The molecule has 20 heavy (non-hydrogen) atoms. The molecule has 1 aliphatic carbocycles. The van der Waals surface area contributed by atoms with Gasteiger partial charge in [0.1, 0.15) is 5.69 Å². The molecule has 0 aromatic carbocycles. The minimum Gasteiger partial charge on any atom is -0.339 e. The van der Waals surface area contributed by atoms with Gasteiger partial charge >= 0.3 is 0 Å². The molecule has 1 aliphatic rings. The SMILES string of the molecule is CN(Cc1cnn(C)c1)C(=O)c1cc(Br)cn1C1CC1. The highest BCUT2D eigenvalue weighted by atomic mass is 79.9. The van der Waals surface area contributed by atoms with Gasteiger partial charge in [-0.3, -0.25) is 9.48 Å². The van der Waals surface area contributed by atoms with Gasteiger partial charge in [-0.15, -0.1) is 0 Å². The fourth-order valence-corrected chi connectivity index (χ4v) is 2.80. The Hall–Kier alpha value is -1.56. The first-order chi connectivity index (χ1) is 9.54. The molecule has 0 bridgehead atoms. The first kappa shape index (κ1) is 13.4. The second kappa shape index (κ2) is 5.09. The standard InChI is InChI=1S/C14H17BrN4O/c1-17(7-10-6-16-18(2)8-10)14(20)13-5-11(15)9-19(13)12-3-4-12/h5-6,8-9,12H,3-4,7H2,1-2H3. The smallest absolute Gasteiger partial charge is 0.270 e. The molecule has 2 aromatic heterocycles. The summed E-state index contributed by atoms with van der Waals surface area (Å²) in [7, 11) is 3.70. The van der Waals surface area contributed by atoms with Crippen LogP contribution in [0.25, 0.3) is 0 Å². The molecule has 0 N–H and O–H groups in total. The summed E-state index contributed by atoms with van der Waals surface area (Å²) >= 11 is 3.46. The van der Waals surface area contributed by atoms with Gasteiger partial charge < -0.3 is 9.47 Å². The van der Waals surface area contributed by atoms with E-state index in [1.807, 2.05) is 32.6 Å². The number of hydrogen-bond acceptors (Lipinski definition) is 2. The number of halogens is 1. The normalized spacial score (nSPS) is 14.6. The zero-order chi connectivity index (χ0) is 14.3. The Kier molecular flexibility index (Phi) is 3.41. The number of aromatic nitrogens is 3. The van der Waals surface area contributed by atoms with Gasteiger partial charge in [-0.1, -0.05) is 0 Å². The molecule has 0 unspecified atom stereocenters. The molecule has 3 rings (SSSR count). The largest absolute Gasteiger partial charge is 0.339 e. The molecule has 0 saturated heterocycles. The maximum atomic E-state index is 12.6. The van der Waals surface area contributed by atoms with Crippen LogP contribution in [0.4, 0.5) is 0 Å². The van der Waals surface area contributed by atoms with Gasteiger partial charge in [-0.05, 0) is 34.8 Å². The number of aryl methyl sites for hydroxylation is 1. The van der Waals surface area contributed by atoms with Crippen LogP contribution in [0.5, 0.6) is 0 Å². The molecule has 6 heteroatoms. The summed E-state index contributed by atoms with van der Waals surface area (Å²) < 4.78 is 4.80. The monoisotopic (exact) mass is 336 g/mol. The summed E-state index contributed by atoms with van der Waals surface area (Å²) in [5.41, 5.74) is 1.79. The van der Waals surface area contributed by atoms with Crippen LogP contribution >= 0.6 is 15.9 Å². The average molecular weight is 337 g/mol. The van der Waals surface area contributed by atoms with Crippen molar-refractivity contribution in [2.24, 2.45) is 7.05 Å². The van der Waals surface area contributed by atoms with Crippen LogP contribution in [0.2, 0.25) is 0 Å². The molecule has 2 heterocycles. The molecule has 0 aliphatic heterocycles. The Balaban J connectivity index is 1.77. The summed E-state index contributed by atoms with van der Waals surface area (Å²) in [6, 6.07) is 2.40. The van der Waals surface area contributed by atoms with Crippen molar-refractivity contribution in [2.45, 2.75) is 25.4 Å². The highest BCUT2D eigenvalue weighted by molar-refractivity contribution is 9.10. The van der Waals surface area contributed by atoms with Crippen molar-refractivity contribution in [3.63, 3.8) is 0 Å². The van der Waals surface area contributed by atoms with Crippen LogP contribution in [0.15, 0.2) is 29.1 Å². The van der Waals surface area contributed by atoms with Gasteiger partial charge in [0, 0.05) is 49.1 Å². The van der Waals surface area contributed by atoms with Gasteiger partial charge in [0.25, 0.3) is 5.91 Å². The van der Waals surface area contributed by atoms with E-state index in [2.05, 4.69) is 25.6 Å². The van der Waals surface area contributed by atoms with Crippen molar-refractivity contribution in [3.8, 4) is 0 Å². The van der Waals surface area contributed by atoms with E-state index in [1.165, 1.54) is 0 Å². The van der Waals surface area contributed by atoms with Crippen LogP contribution in [0.3, 0.4) is 0 Å². The van der Waals surface area contributed by atoms with Gasteiger partial charge in [-0.25, -0.2) is 0 Å². The van der Waals surface area contributed by atoms with Crippen LogP contribution < -0.4 is 0 Å². The summed E-state index contributed by atoms with van der Waals surface area (Å²) in [6.07, 6.45) is 8.05. The number of amides is 1. The summed E-state index contributed by atoms with van der Waals surface area (Å²) in [6.45, 7) is 0.570. The van der Waals surface area contributed by atoms with E-state index in [0.717, 1.165) is 28.6 Å². The molecule has 0 spiro atoms. The van der Waals surface area contributed by atoms with Crippen molar-refractivity contribution in [2.75, 3.05) is 7.05 Å². The first-order valence-corrected chi connectivity index (χ1v) is 7.44. The maximum Gasteiger partial charge on any atom is 0.270 e. The molecule has 1 fully saturated rings. The molecular formula is C14H17BrN4O. The lowest BCUT2D eigenvalue weighted by Gasteiger charge is -2.17. The van der Waals surface area contributed by atoms with E-state index in [1.54, 1.807) is 15.8 Å². The molecular weight excluding hydrogens is 320 g/mol. The van der Waals surface area contributed by atoms with Crippen LogP contribution in [0.1, 0.15) is 34.9 Å². The summed E-state index contributed by atoms with van der Waals surface area (Å²) in [4.78, 5) is 14.3. The predicted octanol–water partition coefficient (Wildman–Crippen LogP) is 2.59. The van der Waals surface area contributed by atoms with Gasteiger partial charge in [0.2, 0.25) is 0 Å². The zero-order valence-corrected chi connectivity index (χ0v) is 13.2. The third-order valence-corrected chi connectivity index (χ3v) is 3.93. The Labute approximate surface area is 126 Å². The van der Waals surface area contributed by atoms with Gasteiger partial charge in [-0.2, -0.15) is 5.10 Å². The van der Waals surface area contributed by atoms with E-state index < -0.39 is 0 Å². The molecule has 1 saturated carbocycles. The summed E-state index contributed by atoms with van der Waals surface area (Å²) in [5.74, 6) is 0.0476. The van der Waals surface area contributed by atoms with Gasteiger partial charge in [0.05, 0.1) is 6.20 Å². The molecule has 2 aromatic rings. The second-order valence-corrected chi connectivity index (χ2v) is 6.28. The number of rotatable bonds is 4. The van der Waals surface area contributed by atoms with Gasteiger partial charge in [0.15, 0.2) is 0 Å². The third kappa shape index (κ3) is 2.65. The van der Waals surface area contributed by atoms with Crippen LogP contribution in [-0.4, -0.2) is 32.2 Å².